The second-order valence-corrected chi connectivity index (χ2v) is 8.06. The van der Waals surface area contributed by atoms with Gasteiger partial charge in [-0.05, 0) is 45.4 Å². The smallest absolute Gasteiger partial charge is 0.187 e. The van der Waals surface area contributed by atoms with Crippen molar-refractivity contribution in [2.24, 2.45) is 0 Å². The van der Waals surface area contributed by atoms with Crippen molar-refractivity contribution in [3.05, 3.63) is 29.8 Å². The fourth-order valence-corrected chi connectivity index (χ4v) is 3.80. The first-order valence-electron chi connectivity index (χ1n) is 9.34. The van der Waals surface area contributed by atoms with Crippen LogP contribution in [0.25, 0.3) is 0 Å². The van der Waals surface area contributed by atoms with Crippen LogP contribution >= 0.6 is 0 Å². The van der Waals surface area contributed by atoms with Crippen molar-refractivity contribution in [1.29, 1.82) is 0 Å². The molecule has 3 saturated heterocycles. The quantitative estimate of drug-likeness (QED) is 0.778. The number of methoxy groups -OCH3 is 1. The van der Waals surface area contributed by atoms with Crippen LogP contribution in [0.4, 0.5) is 0 Å². The van der Waals surface area contributed by atoms with E-state index in [2.05, 4.69) is 0 Å². The molecule has 27 heavy (non-hydrogen) atoms. The second kappa shape index (κ2) is 6.99. The standard InChI is InChI=1S/C20H28O7/c1-19(2)23-11-14(25-19)15-16-17(27-20(3,4)26-16)18(24-15)22-10-12-6-8-13(21-5)9-7-12/h6-9,14-18H,10-11H2,1-5H3/t14-,15-,16-,17?,18+/m1/s1. The number of ether oxygens (including phenoxy) is 7. The molecule has 0 bridgehead atoms. The summed E-state index contributed by atoms with van der Waals surface area (Å²) < 4.78 is 41.3. The molecule has 4 rings (SSSR count). The lowest BCUT2D eigenvalue weighted by Crippen LogP contribution is -2.40. The van der Waals surface area contributed by atoms with Crippen LogP contribution in [0.1, 0.15) is 33.3 Å². The van der Waals surface area contributed by atoms with E-state index < -0.39 is 17.9 Å². The molecule has 5 atom stereocenters. The van der Waals surface area contributed by atoms with Crippen LogP contribution in [-0.4, -0.2) is 56.0 Å². The molecule has 1 aromatic carbocycles. The van der Waals surface area contributed by atoms with Crippen molar-refractivity contribution in [3.8, 4) is 5.75 Å². The second-order valence-electron chi connectivity index (χ2n) is 8.06. The number of benzene rings is 1. The molecule has 3 aliphatic heterocycles. The van der Waals surface area contributed by atoms with Gasteiger partial charge in [0, 0.05) is 0 Å². The number of fused-ring (bicyclic) bond motifs is 1. The summed E-state index contributed by atoms with van der Waals surface area (Å²) in [5, 5.41) is 0. The number of rotatable bonds is 5. The Morgan fingerprint density at radius 2 is 1.63 bits per heavy atom. The fourth-order valence-electron chi connectivity index (χ4n) is 3.80. The van der Waals surface area contributed by atoms with Crippen LogP contribution in [0, 0.1) is 0 Å². The Bertz CT molecular complexity index is 657. The zero-order chi connectivity index (χ0) is 19.2. The van der Waals surface area contributed by atoms with Gasteiger partial charge in [0.25, 0.3) is 0 Å². The molecule has 1 unspecified atom stereocenters. The summed E-state index contributed by atoms with van der Waals surface area (Å²) in [6.45, 7) is 8.45. The predicted molar refractivity (Wildman–Crippen MR) is 95.2 cm³/mol. The van der Waals surface area contributed by atoms with Crippen LogP contribution in [0.2, 0.25) is 0 Å². The maximum atomic E-state index is 6.16. The highest BCUT2D eigenvalue weighted by molar-refractivity contribution is 5.26. The average Bonchev–Trinajstić information content (AvgIpc) is 3.23. The highest BCUT2D eigenvalue weighted by atomic mass is 16.8. The first-order valence-corrected chi connectivity index (χ1v) is 9.34. The Morgan fingerprint density at radius 1 is 0.926 bits per heavy atom. The van der Waals surface area contributed by atoms with Crippen molar-refractivity contribution in [1.82, 2.24) is 0 Å². The first-order chi connectivity index (χ1) is 12.8. The largest absolute Gasteiger partial charge is 0.497 e. The van der Waals surface area contributed by atoms with E-state index in [1.165, 1.54) is 0 Å². The van der Waals surface area contributed by atoms with Crippen molar-refractivity contribution in [2.75, 3.05) is 13.7 Å². The van der Waals surface area contributed by atoms with E-state index in [0.29, 0.717) is 13.2 Å². The molecule has 7 heteroatoms. The molecular weight excluding hydrogens is 352 g/mol. The lowest BCUT2D eigenvalue weighted by molar-refractivity contribution is -0.250. The summed E-state index contributed by atoms with van der Waals surface area (Å²) in [5.74, 6) is -0.500. The Hall–Kier alpha value is -1.22. The molecule has 3 aliphatic rings. The van der Waals surface area contributed by atoms with E-state index in [-0.39, 0.29) is 24.4 Å². The topological polar surface area (TPSA) is 64.6 Å². The first kappa shape index (κ1) is 19.1. The van der Waals surface area contributed by atoms with Gasteiger partial charge in [-0.2, -0.15) is 0 Å². The van der Waals surface area contributed by atoms with Gasteiger partial charge in [-0.1, -0.05) is 12.1 Å². The maximum absolute atomic E-state index is 6.16. The molecule has 0 spiro atoms. The third-order valence-electron chi connectivity index (χ3n) is 5.02. The van der Waals surface area contributed by atoms with Crippen LogP contribution in [0.15, 0.2) is 24.3 Å². The van der Waals surface area contributed by atoms with Crippen LogP contribution in [0.5, 0.6) is 5.75 Å². The van der Waals surface area contributed by atoms with Gasteiger partial charge in [0.05, 0.1) is 20.3 Å². The molecule has 0 saturated carbocycles. The minimum atomic E-state index is -0.686. The van der Waals surface area contributed by atoms with E-state index in [4.69, 9.17) is 33.2 Å². The molecule has 3 heterocycles. The summed E-state index contributed by atoms with van der Waals surface area (Å²) >= 11 is 0. The molecule has 0 N–H and O–H groups in total. The van der Waals surface area contributed by atoms with Gasteiger partial charge in [0.15, 0.2) is 17.9 Å². The van der Waals surface area contributed by atoms with Crippen LogP contribution in [0.3, 0.4) is 0 Å². The van der Waals surface area contributed by atoms with Crippen molar-refractivity contribution < 1.29 is 33.2 Å². The summed E-state index contributed by atoms with van der Waals surface area (Å²) in [6.07, 6.45) is -1.63. The normalized spacial score (nSPS) is 36.7. The maximum Gasteiger partial charge on any atom is 0.187 e. The summed E-state index contributed by atoms with van der Waals surface area (Å²) in [6, 6.07) is 7.75. The highest BCUT2D eigenvalue weighted by Gasteiger charge is 2.59. The molecule has 3 fully saturated rings. The molecule has 150 valence electrons. The van der Waals surface area contributed by atoms with E-state index >= 15 is 0 Å². The Balaban J connectivity index is 1.44. The predicted octanol–water partition coefficient (Wildman–Crippen LogP) is 2.61. The zero-order valence-corrected chi connectivity index (χ0v) is 16.5. The lowest BCUT2D eigenvalue weighted by atomic mass is 10.1. The number of hydrogen-bond acceptors (Lipinski definition) is 7. The molecule has 0 radical (unpaired) electrons. The van der Waals surface area contributed by atoms with E-state index in [1.807, 2.05) is 52.0 Å². The third kappa shape index (κ3) is 3.99. The molecule has 0 aliphatic carbocycles. The van der Waals surface area contributed by atoms with E-state index in [9.17, 15) is 0 Å². The summed E-state index contributed by atoms with van der Waals surface area (Å²) in [7, 11) is 1.65. The van der Waals surface area contributed by atoms with Gasteiger partial charge in [0.1, 0.15) is 30.2 Å². The van der Waals surface area contributed by atoms with Gasteiger partial charge in [-0.25, -0.2) is 0 Å². The molecular formula is C20H28O7. The van der Waals surface area contributed by atoms with Crippen LogP contribution < -0.4 is 4.74 Å². The minimum Gasteiger partial charge on any atom is -0.497 e. The monoisotopic (exact) mass is 380 g/mol. The fraction of sp³-hybridized carbons (Fsp3) is 0.700. The Labute approximate surface area is 159 Å². The zero-order valence-electron chi connectivity index (χ0n) is 16.5. The molecule has 1 aromatic rings. The van der Waals surface area contributed by atoms with E-state index in [1.54, 1.807) is 7.11 Å². The van der Waals surface area contributed by atoms with Crippen molar-refractivity contribution in [2.45, 2.75) is 76.6 Å². The minimum absolute atomic E-state index is 0.223. The third-order valence-corrected chi connectivity index (χ3v) is 5.02. The Morgan fingerprint density at radius 3 is 2.26 bits per heavy atom. The van der Waals surface area contributed by atoms with Crippen molar-refractivity contribution >= 4 is 0 Å². The lowest BCUT2D eigenvalue weighted by Gasteiger charge is -2.27. The van der Waals surface area contributed by atoms with Crippen LogP contribution in [-0.2, 0) is 35.0 Å². The van der Waals surface area contributed by atoms with Gasteiger partial charge in [0.2, 0.25) is 0 Å². The summed E-state index contributed by atoms with van der Waals surface area (Å²) in [5.41, 5.74) is 1.03. The van der Waals surface area contributed by atoms with Gasteiger partial charge in [-0.3, -0.25) is 0 Å². The van der Waals surface area contributed by atoms with E-state index in [0.717, 1.165) is 11.3 Å². The van der Waals surface area contributed by atoms with Crippen molar-refractivity contribution in [3.63, 3.8) is 0 Å². The number of hydrogen-bond donors (Lipinski definition) is 0. The molecule has 7 nitrogen and oxygen atoms in total. The van der Waals surface area contributed by atoms with Gasteiger partial charge < -0.3 is 33.2 Å². The molecule has 0 aromatic heterocycles. The molecule has 0 amide bonds. The SMILES string of the molecule is COc1ccc(CO[C@H]2O[C@H]([C@H]3COC(C)(C)O3)[C@H]3OC(C)(C)OC23)cc1. The average molecular weight is 380 g/mol. The van der Waals surface area contributed by atoms with Gasteiger partial charge >= 0.3 is 0 Å². The summed E-state index contributed by atoms with van der Waals surface area (Å²) in [4.78, 5) is 0. The van der Waals surface area contributed by atoms with Gasteiger partial charge in [-0.15, -0.1) is 0 Å². The Kier molecular flexibility index (Phi) is 4.95. The highest BCUT2D eigenvalue weighted by Crippen LogP contribution is 2.42.